The number of methoxy groups -OCH3 is 1. The molecule has 4 nitrogen and oxygen atoms in total. The minimum atomic E-state index is -0.346. The highest BCUT2D eigenvalue weighted by atomic mass is 35.5. The highest BCUT2D eigenvalue weighted by Gasteiger charge is 2.25. The SMILES string of the molecule is COC1CCCC(OC(=O)c2ccc(Cl)nc2)C1. The van der Waals surface area contributed by atoms with Gasteiger partial charge in [-0.2, -0.15) is 0 Å². The van der Waals surface area contributed by atoms with E-state index >= 15 is 0 Å². The first-order valence-corrected chi connectivity index (χ1v) is 6.42. The van der Waals surface area contributed by atoms with Crippen LogP contribution in [0, 0.1) is 0 Å². The van der Waals surface area contributed by atoms with Crippen molar-refractivity contribution in [3.05, 3.63) is 29.0 Å². The average Bonchev–Trinajstić information content (AvgIpc) is 2.39. The second-order valence-corrected chi connectivity index (χ2v) is 4.81. The van der Waals surface area contributed by atoms with Gasteiger partial charge in [0.2, 0.25) is 0 Å². The molecule has 2 unspecified atom stereocenters. The minimum Gasteiger partial charge on any atom is -0.459 e. The van der Waals surface area contributed by atoms with E-state index in [2.05, 4.69) is 4.98 Å². The van der Waals surface area contributed by atoms with Crippen LogP contribution in [0.3, 0.4) is 0 Å². The third-order valence-electron chi connectivity index (χ3n) is 3.15. The third-order valence-corrected chi connectivity index (χ3v) is 3.37. The molecule has 1 heterocycles. The highest BCUT2D eigenvalue weighted by molar-refractivity contribution is 6.29. The fourth-order valence-corrected chi connectivity index (χ4v) is 2.25. The smallest absolute Gasteiger partial charge is 0.339 e. The van der Waals surface area contributed by atoms with Crippen LogP contribution < -0.4 is 0 Å². The summed E-state index contributed by atoms with van der Waals surface area (Å²) in [6.07, 6.45) is 5.28. The molecule has 1 aromatic heterocycles. The van der Waals surface area contributed by atoms with Gasteiger partial charge in [0.1, 0.15) is 11.3 Å². The lowest BCUT2D eigenvalue weighted by Crippen LogP contribution is -2.29. The van der Waals surface area contributed by atoms with E-state index in [0.29, 0.717) is 10.7 Å². The normalized spacial score (nSPS) is 23.7. The molecular formula is C13H16ClNO3. The van der Waals surface area contributed by atoms with Crippen molar-refractivity contribution in [2.75, 3.05) is 7.11 Å². The Morgan fingerprint density at radius 1 is 1.39 bits per heavy atom. The monoisotopic (exact) mass is 269 g/mol. The first-order chi connectivity index (χ1) is 8.69. The van der Waals surface area contributed by atoms with Crippen LogP contribution in [-0.2, 0) is 9.47 Å². The third kappa shape index (κ3) is 3.43. The summed E-state index contributed by atoms with van der Waals surface area (Å²) < 4.78 is 10.8. The standard InChI is InChI=1S/C13H16ClNO3/c1-17-10-3-2-4-11(7-10)18-13(16)9-5-6-12(14)15-8-9/h5-6,8,10-11H,2-4,7H2,1H3. The number of pyridine rings is 1. The van der Waals surface area contributed by atoms with Gasteiger partial charge < -0.3 is 9.47 Å². The lowest BCUT2D eigenvalue weighted by atomic mass is 9.95. The maximum absolute atomic E-state index is 11.9. The number of hydrogen-bond donors (Lipinski definition) is 0. The lowest BCUT2D eigenvalue weighted by Gasteiger charge is -2.27. The molecule has 0 aliphatic heterocycles. The number of hydrogen-bond acceptors (Lipinski definition) is 4. The van der Waals surface area contributed by atoms with E-state index in [-0.39, 0.29) is 18.2 Å². The van der Waals surface area contributed by atoms with Gasteiger partial charge in [-0.1, -0.05) is 11.6 Å². The largest absolute Gasteiger partial charge is 0.459 e. The number of nitrogens with zero attached hydrogens (tertiary/aromatic N) is 1. The molecule has 2 atom stereocenters. The van der Waals surface area contributed by atoms with Crippen molar-refractivity contribution < 1.29 is 14.3 Å². The molecule has 1 saturated carbocycles. The number of halogens is 1. The summed E-state index contributed by atoms with van der Waals surface area (Å²) in [5.41, 5.74) is 0.430. The first kappa shape index (κ1) is 13.3. The number of ether oxygens (including phenoxy) is 2. The molecule has 0 amide bonds. The van der Waals surface area contributed by atoms with E-state index < -0.39 is 0 Å². The van der Waals surface area contributed by atoms with Crippen molar-refractivity contribution in [2.24, 2.45) is 0 Å². The average molecular weight is 270 g/mol. The molecule has 0 aromatic carbocycles. The topological polar surface area (TPSA) is 48.4 Å². The van der Waals surface area contributed by atoms with Crippen molar-refractivity contribution in [3.63, 3.8) is 0 Å². The summed E-state index contributed by atoms with van der Waals surface area (Å²) >= 11 is 5.67. The maximum atomic E-state index is 11.9. The Hall–Kier alpha value is -1.13. The minimum absolute atomic E-state index is 0.0631. The van der Waals surface area contributed by atoms with E-state index in [1.807, 2.05) is 0 Å². The van der Waals surface area contributed by atoms with Crippen molar-refractivity contribution in [1.29, 1.82) is 0 Å². The van der Waals surface area contributed by atoms with Gasteiger partial charge in [-0.15, -0.1) is 0 Å². The van der Waals surface area contributed by atoms with Crippen LogP contribution in [0.1, 0.15) is 36.0 Å². The van der Waals surface area contributed by atoms with Gasteiger partial charge in [0.25, 0.3) is 0 Å². The molecular weight excluding hydrogens is 254 g/mol. The molecule has 1 fully saturated rings. The van der Waals surface area contributed by atoms with E-state index in [4.69, 9.17) is 21.1 Å². The molecule has 0 saturated heterocycles. The maximum Gasteiger partial charge on any atom is 0.339 e. The van der Waals surface area contributed by atoms with Crippen LogP contribution in [0.4, 0.5) is 0 Å². The molecule has 1 aliphatic carbocycles. The van der Waals surface area contributed by atoms with Gasteiger partial charge in [0, 0.05) is 19.7 Å². The molecule has 18 heavy (non-hydrogen) atoms. The van der Waals surface area contributed by atoms with Gasteiger partial charge in [-0.25, -0.2) is 9.78 Å². The molecule has 0 bridgehead atoms. The van der Waals surface area contributed by atoms with Crippen LogP contribution in [0.25, 0.3) is 0 Å². The highest BCUT2D eigenvalue weighted by Crippen LogP contribution is 2.23. The summed E-state index contributed by atoms with van der Waals surface area (Å²) in [5.74, 6) is -0.346. The second-order valence-electron chi connectivity index (χ2n) is 4.42. The van der Waals surface area contributed by atoms with Crippen LogP contribution in [0.5, 0.6) is 0 Å². The van der Waals surface area contributed by atoms with Crippen LogP contribution >= 0.6 is 11.6 Å². The molecule has 1 aliphatic rings. The molecule has 5 heteroatoms. The molecule has 0 spiro atoms. The van der Waals surface area contributed by atoms with Crippen molar-refractivity contribution >= 4 is 17.6 Å². The van der Waals surface area contributed by atoms with Crippen molar-refractivity contribution in [2.45, 2.75) is 37.9 Å². The summed E-state index contributed by atoms with van der Waals surface area (Å²) in [6, 6.07) is 3.20. The van der Waals surface area contributed by atoms with E-state index in [0.717, 1.165) is 25.7 Å². The van der Waals surface area contributed by atoms with Gasteiger partial charge in [-0.05, 0) is 31.4 Å². The van der Waals surface area contributed by atoms with Crippen LogP contribution in [-0.4, -0.2) is 30.3 Å². The Bertz CT molecular complexity index is 407. The number of aromatic nitrogens is 1. The Labute approximate surface area is 111 Å². The number of carbonyl (C=O) groups is 1. The molecule has 0 radical (unpaired) electrons. The van der Waals surface area contributed by atoms with Crippen LogP contribution in [0.2, 0.25) is 5.15 Å². The molecule has 0 N–H and O–H groups in total. The predicted octanol–water partition coefficient (Wildman–Crippen LogP) is 2.85. The Balaban J connectivity index is 1.92. The molecule has 98 valence electrons. The van der Waals surface area contributed by atoms with E-state index in [9.17, 15) is 4.79 Å². The number of carbonyl (C=O) groups excluding carboxylic acids is 1. The second kappa shape index (κ2) is 6.16. The van der Waals surface area contributed by atoms with Crippen molar-refractivity contribution in [3.8, 4) is 0 Å². The molecule has 1 aromatic rings. The Morgan fingerprint density at radius 2 is 2.17 bits per heavy atom. The van der Waals surface area contributed by atoms with Gasteiger partial charge in [0.05, 0.1) is 11.7 Å². The first-order valence-electron chi connectivity index (χ1n) is 6.04. The molecule has 2 rings (SSSR count). The zero-order chi connectivity index (χ0) is 13.0. The summed E-state index contributed by atoms with van der Waals surface area (Å²) in [5, 5.41) is 0.365. The summed E-state index contributed by atoms with van der Waals surface area (Å²) in [7, 11) is 1.69. The van der Waals surface area contributed by atoms with Gasteiger partial charge in [-0.3, -0.25) is 0 Å². The quantitative estimate of drug-likeness (QED) is 0.625. The summed E-state index contributed by atoms with van der Waals surface area (Å²) in [4.78, 5) is 15.7. The zero-order valence-corrected chi connectivity index (χ0v) is 11.0. The fraction of sp³-hybridized carbons (Fsp3) is 0.538. The fourth-order valence-electron chi connectivity index (χ4n) is 2.14. The lowest BCUT2D eigenvalue weighted by molar-refractivity contribution is -0.0149. The summed E-state index contributed by atoms with van der Waals surface area (Å²) in [6.45, 7) is 0. The van der Waals surface area contributed by atoms with Crippen LogP contribution in [0.15, 0.2) is 18.3 Å². The van der Waals surface area contributed by atoms with Gasteiger partial charge in [0.15, 0.2) is 0 Å². The van der Waals surface area contributed by atoms with E-state index in [1.54, 1.807) is 19.2 Å². The predicted molar refractivity (Wildman–Crippen MR) is 67.7 cm³/mol. The zero-order valence-electron chi connectivity index (χ0n) is 10.3. The Kier molecular flexibility index (Phi) is 4.55. The number of rotatable bonds is 3. The van der Waals surface area contributed by atoms with E-state index in [1.165, 1.54) is 6.20 Å². The Morgan fingerprint density at radius 3 is 2.83 bits per heavy atom. The van der Waals surface area contributed by atoms with Gasteiger partial charge >= 0.3 is 5.97 Å². The number of esters is 1. The van der Waals surface area contributed by atoms with Crippen molar-refractivity contribution in [1.82, 2.24) is 4.98 Å².